The molecule has 1 unspecified atom stereocenters. The van der Waals surface area contributed by atoms with Crippen LogP contribution in [-0.2, 0) is 11.2 Å². The SMILES string of the molecule is CCC(CCO)NC(=O)CCc1ccc(C)o1. The number of aliphatic hydroxyl groups is 1. The zero-order valence-corrected chi connectivity index (χ0v) is 10.5. The highest BCUT2D eigenvalue weighted by Crippen LogP contribution is 2.08. The molecule has 0 aliphatic carbocycles. The molecule has 96 valence electrons. The Balaban J connectivity index is 2.29. The first-order chi connectivity index (χ1) is 8.15. The lowest BCUT2D eigenvalue weighted by atomic mass is 10.1. The summed E-state index contributed by atoms with van der Waals surface area (Å²) in [5.74, 6) is 1.72. The minimum Gasteiger partial charge on any atom is -0.466 e. The van der Waals surface area contributed by atoms with E-state index >= 15 is 0 Å². The summed E-state index contributed by atoms with van der Waals surface area (Å²) < 4.78 is 5.39. The Morgan fingerprint density at radius 2 is 2.29 bits per heavy atom. The molecule has 1 aromatic heterocycles. The van der Waals surface area contributed by atoms with Gasteiger partial charge in [-0.05, 0) is 31.9 Å². The van der Waals surface area contributed by atoms with Crippen LogP contribution < -0.4 is 5.32 Å². The molecule has 2 N–H and O–H groups in total. The Hall–Kier alpha value is -1.29. The van der Waals surface area contributed by atoms with Crippen LogP contribution in [0.4, 0.5) is 0 Å². The first-order valence-corrected chi connectivity index (χ1v) is 6.11. The molecule has 0 fully saturated rings. The summed E-state index contributed by atoms with van der Waals surface area (Å²) in [6.45, 7) is 3.99. The number of hydrogen-bond acceptors (Lipinski definition) is 3. The molecular weight excluding hydrogens is 218 g/mol. The van der Waals surface area contributed by atoms with Crippen molar-refractivity contribution in [2.24, 2.45) is 0 Å². The number of aryl methyl sites for hydroxylation is 2. The van der Waals surface area contributed by atoms with Gasteiger partial charge in [0.2, 0.25) is 5.91 Å². The fraction of sp³-hybridized carbons (Fsp3) is 0.615. The predicted molar refractivity (Wildman–Crippen MR) is 65.7 cm³/mol. The molecule has 1 heterocycles. The van der Waals surface area contributed by atoms with Crippen molar-refractivity contribution < 1.29 is 14.3 Å². The number of amides is 1. The van der Waals surface area contributed by atoms with Crippen molar-refractivity contribution in [2.75, 3.05) is 6.61 Å². The number of carbonyl (C=O) groups is 1. The summed E-state index contributed by atoms with van der Waals surface area (Å²) in [6, 6.07) is 3.87. The lowest BCUT2D eigenvalue weighted by Gasteiger charge is -2.15. The number of nitrogens with one attached hydrogen (secondary N) is 1. The van der Waals surface area contributed by atoms with E-state index in [4.69, 9.17) is 9.52 Å². The second kappa shape index (κ2) is 7.12. The van der Waals surface area contributed by atoms with Gasteiger partial charge in [-0.2, -0.15) is 0 Å². The van der Waals surface area contributed by atoms with Crippen molar-refractivity contribution in [3.63, 3.8) is 0 Å². The second-order valence-corrected chi connectivity index (χ2v) is 4.20. The molecule has 17 heavy (non-hydrogen) atoms. The Labute approximate surface area is 102 Å². The summed E-state index contributed by atoms with van der Waals surface area (Å²) in [5, 5.41) is 11.7. The lowest BCUT2D eigenvalue weighted by molar-refractivity contribution is -0.121. The quantitative estimate of drug-likeness (QED) is 0.762. The van der Waals surface area contributed by atoms with Crippen molar-refractivity contribution in [3.8, 4) is 0 Å². The number of carbonyl (C=O) groups excluding carboxylic acids is 1. The molecule has 0 aliphatic rings. The number of rotatable bonds is 7. The Bertz CT molecular complexity index is 346. The maximum Gasteiger partial charge on any atom is 0.220 e. The van der Waals surface area contributed by atoms with Crippen molar-refractivity contribution in [3.05, 3.63) is 23.7 Å². The van der Waals surface area contributed by atoms with Crippen LogP contribution in [0.2, 0.25) is 0 Å². The van der Waals surface area contributed by atoms with Gasteiger partial charge < -0.3 is 14.8 Å². The smallest absolute Gasteiger partial charge is 0.220 e. The molecule has 1 rings (SSSR count). The minimum atomic E-state index is 0.0133. The summed E-state index contributed by atoms with van der Waals surface area (Å²) in [7, 11) is 0. The molecule has 1 amide bonds. The summed E-state index contributed by atoms with van der Waals surface area (Å²) >= 11 is 0. The van der Waals surface area contributed by atoms with Crippen LogP contribution >= 0.6 is 0 Å². The molecule has 0 spiro atoms. The van der Waals surface area contributed by atoms with Crippen LogP contribution in [0.5, 0.6) is 0 Å². The van der Waals surface area contributed by atoms with E-state index in [9.17, 15) is 4.79 Å². The van der Waals surface area contributed by atoms with Gasteiger partial charge in [0.15, 0.2) is 0 Å². The third-order valence-corrected chi connectivity index (χ3v) is 2.73. The monoisotopic (exact) mass is 239 g/mol. The standard InChI is InChI=1S/C13H21NO3/c1-3-11(8-9-15)14-13(16)7-6-12-5-4-10(2)17-12/h4-5,11,15H,3,6-9H2,1-2H3,(H,14,16). The summed E-state index contributed by atoms with van der Waals surface area (Å²) in [4.78, 5) is 11.6. The molecule has 0 aliphatic heterocycles. The number of aliphatic hydroxyl groups excluding tert-OH is 1. The third-order valence-electron chi connectivity index (χ3n) is 2.73. The topological polar surface area (TPSA) is 62.5 Å². The molecule has 0 aromatic carbocycles. The Kier molecular flexibility index (Phi) is 5.77. The van der Waals surface area contributed by atoms with Gasteiger partial charge in [0, 0.05) is 25.5 Å². The molecule has 0 saturated heterocycles. The first kappa shape index (κ1) is 13.8. The van der Waals surface area contributed by atoms with Crippen LogP contribution in [0.25, 0.3) is 0 Å². The molecule has 0 radical (unpaired) electrons. The Morgan fingerprint density at radius 3 is 2.82 bits per heavy atom. The van der Waals surface area contributed by atoms with E-state index in [0.717, 1.165) is 17.9 Å². The van der Waals surface area contributed by atoms with Crippen LogP contribution in [0.15, 0.2) is 16.5 Å². The van der Waals surface area contributed by atoms with Gasteiger partial charge >= 0.3 is 0 Å². The van der Waals surface area contributed by atoms with Crippen LogP contribution in [-0.4, -0.2) is 23.7 Å². The van der Waals surface area contributed by atoms with Gasteiger partial charge in [-0.1, -0.05) is 6.92 Å². The maximum absolute atomic E-state index is 11.6. The Morgan fingerprint density at radius 1 is 1.53 bits per heavy atom. The fourth-order valence-corrected chi connectivity index (χ4v) is 1.69. The predicted octanol–water partition coefficient (Wildman–Crippen LogP) is 1.80. The van der Waals surface area contributed by atoms with Gasteiger partial charge in [-0.25, -0.2) is 0 Å². The van der Waals surface area contributed by atoms with Gasteiger partial charge in [0.1, 0.15) is 11.5 Å². The molecule has 4 nitrogen and oxygen atoms in total. The van der Waals surface area contributed by atoms with Crippen LogP contribution in [0, 0.1) is 6.92 Å². The van der Waals surface area contributed by atoms with Crippen molar-refractivity contribution in [1.82, 2.24) is 5.32 Å². The summed E-state index contributed by atoms with van der Waals surface area (Å²) in [6.07, 6.45) is 2.50. The number of hydrogen-bond donors (Lipinski definition) is 2. The average molecular weight is 239 g/mol. The van der Waals surface area contributed by atoms with Gasteiger partial charge in [-0.15, -0.1) is 0 Å². The maximum atomic E-state index is 11.6. The van der Waals surface area contributed by atoms with Crippen LogP contribution in [0.3, 0.4) is 0 Å². The highest BCUT2D eigenvalue weighted by Gasteiger charge is 2.10. The van der Waals surface area contributed by atoms with E-state index in [2.05, 4.69) is 5.32 Å². The van der Waals surface area contributed by atoms with Gasteiger partial charge in [-0.3, -0.25) is 4.79 Å². The van der Waals surface area contributed by atoms with E-state index in [0.29, 0.717) is 19.3 Å². The van der Waals surface area contributed by atoms with Crippen molar-refractivity contribution >= 4 is 5.91 Å². The lowest BCUT2D eigenvalue weighted by Crippen LogP contribution is -2.35. The fourth-order valence-electron chi connectivity index (χ4n) is 1.69. The highest BCUT2D eigenvalue weighted by molar-refractivity contribution is 5.76. The largest absolute Gasteiger partial charge is 0.466 e. The van der Waals surface area contributed by atoms with Crippen LogP contribution in [0.1, 0.15) is 37.7 Å². The molecule has 4 heteroatoms. The van der Waals surface area contributed by atoms with Gasteiger partial charge in [0.25, 0.3) is 0 Å². The van der Waals surface area contributed by atoms with Crippen molar-refractivity contribution in [1.29, 1.82) is 0 Å². The molecule has 1 atom stereocenters. The minimum absolute atomic E-state index is 0.0133. The molecule has 0 bridgehead atoms. The van der Waals surface area contributed by atoms with E-state index < -0.39 is 0 Å². The zero-order chi connectivity index (χ0) is 12.7. The van der Waals surface area contributed by atoms with E-state index in [1.807, 2.05) is 26.0 Å². The summed E-state index contributed by atoms with van der Waals surface area (Å²) in [5.41, 5.74) is 0. The second-order valence-electron chi connectivity index (χ2n) is 4.20. The molecule has 1 aromatic rings. The molecular formula is C13H21NO3. The normalized spacial score (nSPS) is 12.4. The van der Waals surface area contributed by atoms with Crippen molar-refractivity contribution in [2.45, 2.75) is 45.6 Å². The van der Waals surface area contributed by atoms with E-state index in [1.165, 1.54) is 0 Å². The van der Waals surface area contributed by atoms with E-state index in [1.54, 1.807) is 0 Å². The average Bonchev–Trinajstić information content (AvgIpc) is 2.72. The zero-order valence-electron chi connectivity index (χ0n) is 10.5. The third kappa shape index (κ3) is 5.04. The highest BCUT2D eigenvalue weighted by atomic mass is 16.3. The first-order valence-electron chi connectivity index (χ1n) is 6.11. The molecule has 0 saturated carbocycles. The number of furan rings is 1. The van der Waals surface area contributed by atoms with E-state index in [-0.39, 0.29) is 18.6 Å². The van der Waals surface area contributed by atoms with Gasteiger partial charge in [0.05, 0.1) is 0 Å².